The van der Waals surface area contributed by atoms with Crippen molar-refractivity contribution < 1.29 is 0 Å². The van der Waals surface area contributed by atoms with Gasteiger partial charge in [-0.25, -0.2) is 4.98 Å². The summed E-state index contributed by atoms with van der Waals surface area (Å²) in [6, 6.07) is 43.1. The van der Waals surface area contributed by atoms with E-state index in [4.69, 9.17) is 4.98 Å². The Kier molecular flexibility index (Phi) is 3.88. The largest absolute Gasteiger partial charge is 0.292 e. The molecule has 154 valence electrons. The van der Waals surface area contributed by atoms with Crippen LogP contribution in [-0.4, -0.2) is 9.38 Å². The molecule has 0 bridgehead atoms. The quantitative estimate of drug-likeness (QED) is 0.258. The summed E-state index contributed by atoms with van der Waals surface area (Å²) in [5.74, 6) is 0. The molecule has 0 spiro atoms. The Balaban J connectivity index is 1.49. The molecule has 0 radical (unpaired) electrons. The van der Waals surface area contributed by atoms with Crippen molar-refractivity contribution >= 4 is 38.4 Å². The summed E-state index contributed by atoms with van der Waals surface area (Å²) < 4.78 is 2.31. The van der Waals surface area contributed by atoms with E-state index in [0.29, 0.717) is 0 Å². The highest BCUT2D eigenvalue weighted by atomic mass is 15.0. The molecule has 0 N–H and O–H groups in total. The van der Waals surface area contributed by atoms with E-state index < -0.39 is 0 Å². The standard InChI is InChI=1S/C31H20N2/c1-2-8-21(9-3-1)22-14-16-23(17-15-22)24-18-19-26-25-10-4-5-11-27(25)31-32-28-12-6-7-13-29(28)33(31)30(26)20-24/h1-20H. The van der Waals surface area contributed by atoms with E-state index in [1.807, 2.05) is 0 Å². The van der Waals surface area contributed by atoms with Gasteiger partial charge in [0.25, 0.3) is 0 Å². The van der Waals surface area contributed by atoms with Gasteiger partial charge in [-0.2, -0.15) is 0 Å². The third-order valence-corrected chi connectivity index (χ3v) is 6.58. The van der Waals surface area contributed by atoms with Crippen molar-refractivity contribution in [2.24, 2.45) is 0 Å². The van der Waals surface area contributed by atoms with Crippen LogP contribution in [0.3, 0.4) is 0 Å². The predicted molar refractivity (Wildman–Crippen MR) is 139 cm³/mol. The Morgan fingerprint density at radius 2 is 1.03 bits per heavy atom. The highest BCUT2D eigenvalue weighted by Crippen LogP contribution is 2.35. The van der Waals surface area contributed by atoms with Crippen molar-refractivity contribution in [1.29, 1.82) is 0 Å². The molecule has 0 saturated heterocycles. The van der Waals surface area contributed by atoms with Crippen LogP contribution in [-0.2, 0) is 0 Å². The summed E-state index contributed by atoms with van der Waals surface area (Å²) >= 11 is 0. The normalized spacial score (nSPS) is 11.6. The van der Waals surface area contributed by atoms with E-state index >= 15 is 0 Å². The van der Waals surface area contributed by atoms with E-state index in [2.05, 4.69) is 126 Å². The van der Waals surface area contributed by atoms with E-state index in [1.54, 1.807) is 0 Å². The Bertz CT molecular complexity index is 1790. The third kappa shape index (κ3) is 2.78. The first-order valence-electron chi connectivity index (χ1n) is 11.2. The zero-order chi connectivity index (χ0) is 21.8. The molecule has 2 heterocycles. The molecule has 33 heavy (non-hydrogen) atoms. The Hall–Kier alpha value is -4.43. The van der Waals surface area contributed by atoms with Gasteiger partial charge in [-0.3, -0.25) is 4.40 Å². The fourth-order valence-electron chi connectivity index (χ4n) is 4.97. The van der Waals surface area contributed by atoms with Crippen LogP contribution in [0.1, 0.15) is 0 Å². The lowest BCUT2D eigenvalue weighted by Gasteiger charge is -2.11. The molecular weight excluding hydrogens is 400 g/mol. The first-order chi connectivity index (χ1) is 16.4. The number of hydrogen-bond donors (Lipinski definition) is 0. The maximum atomic E-state index is 5.00. The number of aromatic nitrogens is 2. The van der Waals surface area contributed by atoms with Crippen LogP contribution in [0, 0.1) is 0 Å². The van der Waals surface area contributed by atoms with Gasteiger partial charge in [-0.05, 0) is 45.8 Å². The van der Waals surface area contributed by atoms with Gasteiger partial charge in [0.1, 0.15) is 5.65 Å². The van der Waals surface area contributed by atoms with Gasteiger partial charge in [0.05, 0.1) is 16.6 Å². The van der Waals surface area contributed by atoms with Gasteiger partial charge < -0.3 is 0 Å². The number of hydrogen-bond acceptors (Lipinski definition) is 1. The molecule has 0 unspecified atom stereocenters. The summed E-state index contributed by atoms with van der Waals surface area (Å²) in [6.45, 7) is 0. The molecule has 0 aliphatic rings. The molecule has 2 aromatic heterocycles. The first kappa shape index (κ1) is 18.2. The topological polar surface area (TPSA) is 17.3 Å². The number of nitrogens with zero attached hydrogens (tertiary/aromatic N) is 2. The minimum atomic E-state index is 1.01. The van der Waals surface area contributed by atoms with Crippen LogP contribution in [0.25, 0.3) is 60.6 Å². The Labute approximate surface area is 191 Å². The molecule has 0 atom stereocenters. The molecular formula is C31H20N2. The maximum absolute atomic E-state index is 5.00. The van der Waals surface area contributed by atoms with E-state index in [-0.39, 0.29) is 0 Å². The van der Waals surface area contributed by atoms with Crippen molar-refractivity contribution in [2.75, 3.05) is 0 Å². The van der Waals surface area contributed by atoms with Crippen LogP contribution in [0.4, 0.5) is 0 Å². The number of benzene rings is 5. The second-order valence-corrected chi connectivity index (χ2v) is 8.48. The maximum Gasteiger partial charge on any atom is 0.146 e. The minimum absolute atomic E-state index is 1.01. The fourth-order valence-corrected chi connectivity index (χ4v) is 4.97. The molecule has 7 rings (SSSR count). The molecule has 5 aromatic carbocycles. The zero-order valence-corrected chi connectivity index (χ0v) is 17.9. The second-order valence-electron chi connectivity index (χ2n) is 8.48. The smallest absolute Gasteiger partial charge is 0.146 e. The lowest BCUT2D eigenvalue weighted by Crippen LogP contribution is -1.92. The van der Waals surface area contributed by atoms with Gasteiger partial charge in [-0.1, -0.05) is 103 Å². The number of imidazole rings is 1. The molecule has 0 saturated carbocycles. The van der Waals surface area contributed by atoms with Crippen LogP contribution >= 0.6 is 0 Å². The number of pyridine rings is 1. The minimum Gasteiger partial charge on any atom is -0.292 e. The van der Waals surface area contributed by atoms with E-state index in [0.717, 1.165) is 16.7 Å². The summed E-state index contributed by atoms with van der Waals surface area (Å²) in [6.07, 6.45) is 0. The second kappa shape index (κ2) is 7.04. The number of rotatable bonds is 2. The van der Waals surface area contributed by atoms with Crippen LogP contribution in [0.5, 0.6) is 0 Å². The number of fused-ring (bicyclic) bond motifs is 8. The van der Waals surface area contributed by atoms with Crippen molar-refractivity contribution in [3.05, 3.63) is 121 Å². The van der Waals surface area contributed by atoms with Crippen molar-refractivity contribution in [2.45, 2.75) is 0 Å². The summed E-state index contributed by atoms with van der Waals surface area (Å²) in [5.41, 5.74) is 9.24. The Morgan fingerprint density at radius 1 is 0.424 bits per heavy atom. The first-order valence-corrected chi connectivity index (χ1v) is 11.2. The lowest BCUT2D eigenvalue weighted by molar-refractivity contribution is 1.31. The van der Waals surface area contributed by atoms with Gasteiger partial charge in [0.15, 0.2) is 0 Å². The summed E-state index contributed by atoms with van der Waals surface area (Å²) in [5, 5.41) is 3.66. The third-order valence-electron chi connectivity index (χ3n) is 6.58. The molecule has 0 amide bonds. The number of para-hydroxylation sites is 2. The van der Waals surface area contributed by atoms with Crippen LogP contribution in [0.2, 0.25) is 0 Å². The highest BCUT2D eigenvalue weighted by molar-refractivity contribution is 6.14. The Morgan fingerprint density at radius 3 is 1.85 bits per heavy atom. The zero-order valence-electron chi connectivity index (χ0n) is 17.9. The molecule has 0 fully saturated rings. The average Bonchev–Trinajstić information content (AvgIpc) is 3.29. The summed E-state index contributed by atoms with van der Waals surface area (Å²) in [4.78, 5) is 5.00. The highest BCUT2D eigenvalue weighted by Gasteiger charge is 2.14. The lowest BCUT2D eigenvalue weighted by atomic mass is 9.98. The van der Waals surface area contributed by atoms with Crippen molar-refractivity contribution in [3.8, 4) is 22.3 Å². The van der Waals surface area contributed by atoms with Crippen LogP contribution in [0.15, 0.2) is 121 Å². The SMILES string of the molecule is c1ccc(-c2ccc(-c3ccc4c5ccccc5c5nc6ccccc6n5c4c3)cc2)cc1. The fraction of sp³-hybridized carbons (Fsp3) is 0. The van der Waals surface area contributed by atoms with Crippen molar-refractivity contribution in [1.82, 2.24) is 9.38 Å². The monoisotopic (exact) mass is 420 g/mol. The van der Waals surface area contributed by atoms with Gasteiger partial charge in [-0.15, -0.1) is 0 Å². The van der Waals surface area contributed by atoms with Gasteiger partial charge in [0, 0.05) is 10.8 Å². The predicted octanol–water partition coefficient (Wildman–Crippen LogP) is 8.13. The molecule has 0 aliphatic heterocycles. The van der Waals surface area contributed by atoms with Crippen molar-refractivity contribution in [3.63, 3.8) is 0 Å². The molecule has 2 nitrogen and oxygen atoms in total. The average molecular weight is 421 g/mol. The summed E-state index contributed by atoms with van der Waals surface area (Å²) in [7, 11) is 0. The molecule has 0 aliphatic carbocycles. The van der Waals surface area contributed by atoms with Gasteiger partial charge >= 0.3 is 0 Å². The van der Waals surface area contributed by atoms with Crippen LogP contribution < -0.4 is 0 Å². The van der Waals surface area contributed by atoms with E-state index in [1.165, 1.54) is 43.9 Å². The van der Waals surface area contributed by atoms with Gasteiger partial charge in [0.2, 0.25) is 0 Å². The van der Waals surface area contributed by atoms with E-state index in [9.17, 15) is 0 Å². The molecule has 7 aromatic rings. The molecule has 2 heteroatoms.